The summed E-state index contributed by atoms with van der Waals surface area (Å²) in [6.07, 6.45) is 1.84. The Hall–Kier alpha value is -2.00. The zero-order chi connectivity index (χ0) is 14.1. The van der Waals surface area contributed by atoms with Crippen LogP contribution >= 0.6 is 11.6 Å². The molecule has 0 fully saturated rings. The highest BCUT2D eigenvalue weighted by Crippen LogP contribution is 2.32. The fourth-order valence-corrected chi connectivity index (χ4v) is 2.82. The molecule has 0 bridgehead atoms. The first kappa shape index (κ1) is 13.0. The minimum atomic E-state index is -0.299. The number of para-hydroxylation sites is 1. The first-order valence-corrected chi connectivity index (χ1v) is 6.91. The van der Waals surface area contributed by atoms with E-state index in [2.05, 4.69) is 11.4 Å². The van der Waals surface area contributed by atoms with E-state index in [1.807, 2.05) is 18.2 Å². The molecule has 0 heterocycles. The lowest BCUT2D eigenvalue weighted by atomic mass is 10.1. The number of hydrogen-bond acceptors (Lipinski definition) is 2. The van der Waals surface area contributed by atoms with Crippen LogP contribution in [0.3, 0.4) is 0 Å². The minimum Gasteiger partial charge on any atom is -0.506 e. The molecule has 0 saturated heterocycles. The number of phenols is 1. The van der Waals surface area contributed by atoms with Crippen molar-refractivity contribution in [3.8, 4) is 5.75 Å². The van der Waals surface area contributed by atoms with Crippen molar-refractivity contribution in [2.75, 3.05) is 0 Å². The largest absolute Gasteiger partial charge is 0.506 e. The van der Waals surface area contributed by atoms with Gasteiger partial charge in [0.1, 0.15) is 5.75 Å². The molecule has 2 aromatic rings. The molecule has 0 aliphatic heterocycles. The Morgan fingerprint density at radius 3 is 2.85 bits per heavy atom. The summed E-state index contributed by atoms with van der Waals surface area (Å²) in [5.41, 5.74) is 2.64. The number of fused-ring (bicyclic) bond motifs is 1. The third-order valence-electron chi connectivity index (χ3n) is 3.67. The number of carbonyl (C=O) groups excluding carboxylic acids is 1. The number of rotatable bonds is 2. The summed E-state index contributed by atoms with van der Waals surface area (Å²) in [6, 6.07) is 12.9. The highest BCUT2D eigenvalue weighted by molar-refractivity contribution is 6.32. The highest BCUT2D eigenvalue weighted by Gasteiger charge is 2.24. The van der Waals surface area contributed by atoms with Crippen LogP contribution in [-0.2, 0) is 6.42 Å². The van der Waals surface area contributed by atoms with Crippen LogP contribution in [0.15, 0.2) is 42.5 Å². The van der Waals surface area contributed by atoms with Gasteiger partial charge >= 0.3 is 0 Å². The maximum atomic E-state index is 12.3. The van der Waals surface area contributed by atoms with Gasteiger partial charge in [0.15, 0.2) is 0 Å². The second-order valence-electron chi connectivity index (χ2n) is 4.90. The molecule has 20 heavy (non-hydrogen) atoms. The van der Waals surface area contributed by atoms with E-state index in [1.54, 1.807) is 18.2 Å². The number of carbonyl (C=O) groups is 1. The van der Waals surface area contributed by atoms with Crippen molar-refractivity contribution in [3.63, 3.8) is 0 Å². The SMILES string of the molecule is O=C(NC1CCc2ccccc21)c1cccc(Cl)c1O. The second-order valence-corrected chi connectivity index (χ2v) is 5.31. The van der Waals surface area contributed by atoms with Gasteiger partial charge in [-0.1, -0.05) is 41.9 Å². The van der Waals surface area contributed by atoms with Crippen molar-refractivity contribution < 1.29 is 9.90 Å². The predicted molar refractivity (Wildman–Crippen MR) is 78.1 cm³/mol. The van der Waals surface area contributed by atoms with Gasteiger partial charge in [0.2, 0.25) is 0 Å². The monoisotopic (exact) mass is 287 g/mol. The van der Waals surface area contributed by atoms with Crippen LogP contribution < -0.4 is 5.32 Å². The molecule has 1 atom stereocenters. The van der Waals surface area contributed by atoms with Crippen molar-refractivity contribution >= 4 is 17.5 Å². The third kappa shape index (κ3) is 2.25. The van der Waals surface area contributed by atoms with Gasteiger partial charge in [0.05, 0.1) is 16.6 Å². The molecule has 0 radical (unpaired) electrons. The van der Waals surface area contributed by atoms with Gasteiger partial charge in [-0.05, 0) is 36.1 Å². The summed E-state index contributed by atoms with van der Waals surface area (Å²) >= 11 is 5.83. The zero-order valence-corrected chi connectivity index (χ0v) is 11.5. The molecule has 0 saturated carbocycles. The Kier molecular flexibility index (Phi) is 3.36. The molecule has 3 rings (SSSR count). The summed E-state index contributed by atoms with van der Waals surface area (Å²) in [7, 11) is 0. The van der Waals surface area contributed by atoms with Crippen LogP contribution in [0.2, 0.25) is 5.02 Å². The van der Waals surface area contributed by atoms with Gasteiger partial charge < -0.3 is 10.4 Å². The fraction of sp³-hybridized carbons (Fsp3) is 0.188. The quantitative estimate of drug-likeness (QED) is 0.888. The number of aromatic hydroxyl groups is 1. The van der Waals surface area contributed by atoms with Gasteiger partial charge in [-0.15, -0.1) is 0 Å². The van der Waals surface area contributed by atoms with Crippen molar-refractivity contribution in [2.24, 2.45) is 0 Å². The predicted octanol–water partition coefficient (Wildman–Crippen LogP) is 3.46. The van der Waals surface area contributed by atoms with Gasteiger partial charge in [0.25, 0.3) is 5.91 Å². The lowest BCUT2D eigenvalue weighted by Gasteiger charge is -2.15. The number of aryl methyl sites for hydroxylation is 1. The molecule has 0 aromatic heterocycles. The average molecular weight is 288 g/mol. The van der Waals surface area contributed by atoms with Crippen LogP contribution in [0, 0.1) is 0 Å². The molecule has 1 amide bonds. The van der Waals surface area contributed by atoms with Crippen LogP contribution in [0.25, 0.3) is 0 Å². The average Bonchev–Trinajstić information content (AvgIpc) is 2.85. The molecule has 4 heteroatoms. The second kappa shape index (κ2) is 5.17. The molecule has 2 aromatic carbocycles. The van der Waals surface area contributed by atoms with E-state index >= 15 is 0 Å². The maximum Gasteiger partial charge on any atom is 0.255 e. The normalized spacial score (nSPS) is 16.8. The van der Waals surface area contributed by atoms with Crippen LogP contribution in [0.5, 0.6) is 5.75 Å². The summed E-state index contributed by atoms with van der Waals surface area (Å²) < 4.78 is 0. The molecule has 1 aliphatic rings. The number of amides is 1. The minimum absolute atomic E-state index is 0.00270. The van der Waals surface area contributed by atoms with E-state index in [0.717, 1.165) is 18.4 Å². The van der Waals surface area contributed by atoms with E-state index in [4.69, 9.17) is 11.6 Å². The summed E-state index contributed by atoms with van der Waals surface area (Å²) in [4.78, 5) is 12.3. The Balaban J connectivity index is 1.83. The molecule has 1 unspecified atom stereocenters. The van der Waals surface area contributed by atoms with Gasteiger partial charge in [-0.2, -0.15) is 0 Å². The van der Waals surface area contributed by atoms with Gasteiger partial charge in [0, 0.05) is 0 Å². The van der Waals surface area contributed by atoms with Crippen molar-refractivity contribution in [2.45, 2.75) is 18.9 Å². The lowest BCUT2D eigenvalue weighted by molar-refractivity contribution is 0.0934. The first-order valence-electron chi connectivity index (χ1n) is 6.53. The zero-order valence-electron chi connectivity index (χ0n) is 10.8. The number of nitrogens with one attached hydrogen (secondary N) is 1. The van der Waals surface area contributed by atoms with Crippen LogP contribution in [0.1, 0.15) is 33.9 Å². The maximum absolute atomic E-state index is 12.3. The number of benzene rings is 2. The molecule has 102 valence electrons. The summed E-state index contributed by atoms with van der Waals surface area (Å²) in [5.74, 6) is -0.468. The Morgan fingerprint density at radius 2 is 2.00 bits per heavy atom. The molecule has 1 aliphatic carbocycles. The lowest BCUT2D eigenvalue weighted by Crippen LogP contribution is -2.27. The van der Waals surface area contributed by atoms with E-state index in [9.17, 15) is 9.90 Å². The van der Waals surface area contributed by atoms with Crippen molar-refractivity contribution in [1.29, 1.82) is 0 Å². The Bertz CT molecular complexity index is 669. The van der Waals surface area contributed by atoms with Crippen molar-refractivity contribution in [1.82, 2.24) is 5.32 Å². The molecular formula is C16H14ClNO2. The third-order valence-corrected chi connectivity index (χ3v) is 3.97. The van der Waals surface area contributed by atoms with Gasteiger partial charge in [-0.3, -0.25) is 4.79 Å². The van der Waals surface area contributed by atoms with Crippen LogP contribution in [0.4, 0.5) is 0 Å². The molecule has 2 N–H and O–H groups in total. The summed E-state index contributed by atoms with van der Waals surface area (Å²) in [6.45, 7) is 0. The first-order chi connectivity index (χ1) is 9.66. The molecule has 3 nitrogen and oxygen atoms in total. The van der Waals surface area contributed by atoms with E-state index < -0.39 is 0 Å². The van der Waals surface area contributed by atoms with E-state index in [-0.39, 0.29) is 28.3 Å². The summed E-state index contributed by atoms with van der Waals surface area (Å²) in [5, 5.41) is 13.0. The number of phenolic OH excluding ortho intramolecular Hbond substituents is 1. The van der Waals surface area contributed by atoms with E-state index in [0.29, 0.717) is 0 Å². The van der Waals surface area contributed by atoms with Crippen molar-refractivity contribution in [3.05, 3.63) is 64.2 Å². The fourth-order valence-electron chi connectivity index (χ4n) is 2.64. The van der Waals surface area contributed by atoms with Crippen LogP contribution in [-0.4, -0.2) is 11.0 Å². The number of hydrogen-bond donors (Lipinski definition) is 2. The van der Waals surface area contributed by atoms with E-state index in [1.165, 1.54) is 5.56 Å². The molecule has 0 spiro atoms. The Morgan fingerprint density at radius 1 is 1.20 bits per heavy atom. The smallest absolute Gasteiger partial charge is 0.255 e. The molecular weight excluding hydrogens is 274 g/mol. The topological polar surface area (TPSA) is 49.3 Å². The number of halogens is 1. The van der Waals surface area contributed by atoms with Gasteiger partial charge in [-0.25, -0.2) is 0 Å². The highest BCUT2D eigenvalue weighted by atomic mass is 35.5. The standard InChI is InChI=1S/C16H14ClNO2/c17-13-7-3-6-12(15(13)19)16(20)18-14-9-8-10-4-1-2-5-11(10)14/h1-7,14,19H,8-9H2,(H,18,20). The Labute approximate surface area is 122 Å².